The lowest BCUT2D eigenvalue weighted by Crippen LogP contribution is -2.19. The molecule has 4 nitrogen and oxygen atoms in total. The third-order valence-electron chi connectivity index (χ3n) is 3.69. The molecule has 1 fully saturated rings. The summed E-state index contributed by atoms with van der Waals surface area (Å²) in [6, 6.07) is 7.37. The highest BCUT2D eigenvalue weighted by Gasteiger charge is 2.17. The molecule has 1 N–H and O–H groups in total. The van der Waals surface area contributed by atoms with Crippen molar-refractivity contribution in [1.29, 1.82) is 0 Å². The van der Waals surface area contributed by atoms with Crippen LogP contribution in [-0.2, 0) is 0 Å². The predicted octanol–water partition coefficient (Wildman–Crippen LogP) is 2.84. The van der Waals surface area contributed by atoms with Crippen molar-refractivity contribution in [1.82, 2.24) is 4.98 Å². The summed E-state index contributed by atoms with van der Waals surface area (Å²) >= 11 is 0. The Morgan fingerprint density at radius 3 is 2.74 bits per heavy atom. The van der Waals surface area contributed by atoms with Crippen LogP contribution in [0.1, 0.15) is 28.8 Å². The van der Waals surface area contributed by atoms with E-state index in [9.17, 15) is 9.90 Å². The zero-order valence-corrected chi connectivity index (χ0v) is 10.9. The number of aromatic carboxylic acids is 1. The molecule has 1 aromatic carbocycles. The summed E-state index contributed by atoms with van der Waals surface area (Å²) in [5, 5.41) is 10.2. The molecule has 19 heavy (non-hydrogen) atoms. The Kier molecular flexibility index (Phi) is 2.85. The first kappa shape index (κ1) is 12.0. The number of aryl methyl sites for hydroxylation is 1. The number of pyridine rings is 1. The van der Waals surface area contributed by atoms with Crippen LogP contribution in [0.2, 0.25) is 0 Å². The normalized spacial score (nSPS) is 15.1. The van der Waals surface area contributed by atoms with Crippen LogP contribution in [0.3, 0.4) is 0 Å². The van der Waals surface area contributed by atoms with E-state index in [0.29, 0.717) is 5.52 Å². The van der Waals surface area contributed by atoms with Crippen molar-refractivity contribution in [3.8, 4) is 0 Å². The Bertz CT molecular complexity index is 646. The molecule has 0 amide bonds. The summed E-state index contributed by atoms with van der Waals surface area (Å²) < 4.78 is 0. The van der Waals surface area contributed by atoms with Gasteiger partial charge in [0.1, 0.15) is 5.82 Å². The van der Waals surface area contributed by atoms with Crippen LogP contribution in [0.15, 0.2) is 24.3 Å². The molecule has 4 heteroatoms. The van der Waals surface area contributed by atoms with Gasteiger partial charge in [-0.25, -0.2) is 9.78 Å². The van der Waals surface area contributed by atoms with E-state index in [1.807, 2.05) is 13.0 Å². The van der Waals surface area contributed by atoms with Crippen molar-refractivity contribution < 1.29 is 9.90 Å². The smallest absolute Gasteiger partial charge is 0.337 e. The van der Waals surface area contributed by atoms with E-state index in [0.717, 1.165) is 29.9 Å². The Labute approximate surface area is 111 Å². The number of rotatable bonds is 2. The Balaban J connectivity index is 2.22. The quantitative estimate of drug-likeness (QED) is 0.897. The molecule has 0 bridgehead atoms. The van der Waals surface area contributed by atoms with Gasteiger partial charge in [0.2, 0.25) is 0 Å². The molecule has 0 spiro atoms. The summed E-state index contributed by atoms with van der Waals surface area (Å²) in [5.74, 6) is -0.0210. The van der Waals surface area contributed by atoms with Crippen molar-refractivity contribution in [2.75, 3.05) is 18.0 Å². The SMILES string of the molecule is Cc1cc(N2CCCC2)nc2c(C(=O)O)cccc12. The fourth-order valence-corrected chi connectivity index (χ4v) is 2.68. The predicted molar refractivity (Wildman–Crippen MR) is 74.9 cm³/mol. The van der Waals surface area contributed by atoms with Crippen LogP contribution in [0.5, 0.6) is 0 Å². The van der Waals surface area contributed by atoms with Crippen molar-refractivity contribution >= 4 is 22.7 Å². The van der Waals surface area contributed by atoms with E-state index in [-0.39, 0.29) is 5.56 Å². The summed E-state index contributed by atoms with van der Waals surface area (Å²) in [6.45, 7) is 4.02. The van der Waals surface area contributed by atoms with Crippen LogP contribution in [-0.4, -0.2) is 29.1 Å². The highest BCUT2D eigenvalue weighted by Crippen LogP contribution is 2.26. The number of carbonyl (C=O) groups is 1. The standard InChI is InChI=1S/C15H16N2O2/c1-10-9-13(17-7-2-3-8-17)16-14-11(10)5-4-6-12(14)15(18)19/h4-6,9H,2-3,7-8H2,1H3,(H,18,19). The molecule has 1 saturated heterocycles. The first-order valence-corrected chi connectivity index (χ1v) is 6.55. The average molecular weight is 256 g/mol. The van der Waals surface area contributed by atoms with Gasteiger partial charge in [-0.05, 0) is 37.5 Å². The number of carboxylic acid groups (broad SMARTS) is 1. The van der Waals surface area contributed by atoms with E-state index in [4.69, 9.17) is 0 Å². The van der Waals surface area contributed by atoms with Gasteiger partial charge < -0.3 is 10.0 Å². The van der Waals surface area contributed by atoms with Gasteiger partial charge in [0.25, 0.3) is 0 Å². The number of aromatic nitrogens is 1. The molecule has 0 atom stereocenters. The average Bonchev–Trinajstić information content (AvgIpc) is 2.91. The Hall–Kier alpha value is -2.10. The first-order valence-electron chi connectivity index (χ1n) is 6.55. The van der Waals surface area contributed by atoms with E-state index in [1.165, 1.54) is 12.8 Å². The molecule has 1 aliphatic rings. The second-order valence-corrected chi connectivity index (χ2v) is 5.00. The van der Waals surface area contributed by atoms with Crippen molar-refractivity contribution in [2.45, 2.75) is 19.8 Å². The van der Waals surface area contributed by atoms with Gasteiger partial charge in [0, 0.05) is 18.5 Å². The maximum atomic E-state index is 11.3. The van der Waals surface area contributed by atoms with Crippen molar-refractivity contribution in [3.63, 3.8) is 0 Å². The maximum Gasteiger partial charge on any atom is 0.337 e. The third-order valence-corrected chi connectivity index (χ3v) is 3.69. The van der Waals surface area contributed by atoms with Crippen LogP contribution in [0.25, 0.3) is 10.9 Å². The summed E-state index contributed by atoms with van der Waals surface area (Å²) in [5.41, 5.74) is 1.95. The van der Waals surface area contributed by atoms with Gasteiger partial charge in [-0.3, -0.25) is 0 Å². The summed E-state index contributed by atoms with van der Waals surface area (Å²) in [6.07, 6.45) is 2.36. The highest BCUT2D eigenvalue weighted by atomic mass is 16.4. The molecule has 0 saturated carbocycles. The van der Waals surface area contributed by atoms with Gasteiger partial charge in [-0.1, -0.05) is 12.1 Å². The monoisotopic (exact) mass is 256 g/mol. The number of hydrogen-bond donors (Lipinski definition) is 1. The highest BCUT2D eigenvalue weighted by molar-refractivity contribution is 6.03. The molecule has 1 aliphatic heterocycles. The maximum absolute atomic E-state index is 11.3. The van der Waals surface area contributed by atoms with Gasteiger partial charge in [0.15, 0.2) is 0 Å². The minimum atomic E-state index is -0.920. The fraction of sp³-hybridized carbons (Fsp3) is 0.333. The number of nitrogens with zero attached hydrogens (tertiary/aromatic N) is 2. The zero-order valence-electron chi connectivity index (χ0n) is 10.9. The number of hydrogen-bond acceptors (Lipinski definition) is 3. The number of fused-ring (bicyclic) bond motifs is 1. The third kappa shape index (κ3) is 2.03. The lowest BCUT2D eigenvalue weighted by Gasteiger charge is -2.18. The van der Waals surface area contributed by atoms with Gasteiger partial charge in [-0.15, -0.1) is 0 Å². The van der Waals surface area contributed by atoms with E-state index >= 15 is 0 Å². The van der Waals surface area contributed by atoms with Gasteiger partial charge in [0.05, 0.1) is 11.1 Å². The minimum Gasteiger partial charge on any atom is -0.478 e. The summed E-state index contributed by atoms with van der Waals surface area (Å²) in [7, 11) is 0. The van der Waals surface area contributed by atoms with Crippen LogP contribution >= 0.6 is 0 Å². The minimum absolute atomic E-state index is 0.279. The van der Waals surface area contributed by atoms with E-state index < -0.39 is 5.97 Å². The Morgan fingerprint density at radius 1 is 1.32 bits per heavy atom. The first-order chi connectivity index (χ1) is 9.16. The van der Waals surface area contributed by atoms with Crippen LogP contribution in [0.4, 0.5) is 5.82 Å². The van der Waals surface area contributed by atoms with Crippen molar-refractivity contribution in [2.24, 2.45) is 0 Å². The lowest BCUT2D eigenvalue weighted by atomic mass is 10.1. The molecule has 98 valence electrons. The molecule has 1 aromatic heterocycles. The van der Waals surface area contributed by atoms with E-state index in [2.05, 4.69) is 16.0 Å². The van der Waals surface area contributed by atoms with Crippen LogP contribution in [0, 0.1) is 6.92 Å². The van der Waals surface area contributed by atoms with Crippen molar-refractivity contribution in [3.05, 3.63) is 35.4 Å². The zero-order chi connectivity index (χ0) is 13.4. The molecule has 2 heterocycles. The number of para-hydroxylation sites is 1. The number of benzene rings is 1. The molecule has 0 aliphatic carbocycles. The second-order valence-electron chi connectivity index (χ2n) is 5.00. The molecule has 3 rings (SSSR count). The second kappa shape index (κ2) is 4.53. The molecule has 2 aromatic rings. The lowest BCUT2D eigenvalue weighted by molar-refractivity contribution is 0.0699. The van der Waals surface area contributed by atoms with Gasteiger partial charge >= 0.3 is 5.97 Å². The molecular formula is C15H16N2O2. The van der Waals surface area contributed by atoms with E-state index in [1.54, 1.807) is 12.1 Å². The topological polar surface area (TPSA) is 53.4 Å². The fourth-order valence-electron chi connectivity index (χ4n) is 2.68. The summed E-state index contributed by atoms with van der Waals surface area (Å²) in [4.78, 5) is 18.1. The molecular weight excluding hydrogens is 240 g/mol. The molecule has 0 radical (unpaired) electrons. The molecule has 0 unspecified atom stereocenters. The number of anilines is 1. The van der Waals surface area contributed by atoms with Crippen LogP contribution < -0.4 is 4.90 Å². The largest absolute Gasteiger partial charge is 0.478 e. The Morgan fingerprint density at radius 2 is 2.05 bits per heavy atom. The van der Waals surface area contributed by atoms with Gasteiger partial charge in [-0.2, -0.15) is 0 Å². The number of carboxylic acids is 1.